The lowest BCUT2D eigenvalue weighted by molar-refractivity contribution is 0.115. The fourth-order valence-electron chi connectivity index (χ4n) is 2.61. The molecular formula is C13H18N4O3S. The van der Waals surface area contributed by atoms with E-state index in [1.165, 1.54) is 4.31 Å². The van der Waals surface area contributed by atoms with Crippen LogP contribution in [0.15, 0.2) is 29.4 Å². The molecule has 114 valence electrons. The first kappa shape index (κ1) is 14.3. The van der Waals surface area contributed by atoms with Crippen LogP contribution in [0.5, 0.6) is 0 Å². The molecule has 21 heavy (non-hydrogen) atoms. The van der Waals surface area contributed by atoms with Crippen molar-refractivity contribution in [3.05, 3.63) is 24.4 Å². The summed E-state index contributed by atoms with van der Waals surface area (Å²) in [7, 11) is -0.342. The first-order chi connectivity index (χ1) is 10.1. The van der Waals surface area contributed by atoms with Crippen molar-refractivity contribution in [2.75, 3.05) is 32.6 Å². The first-order valence-corrected chi connectivity index (χ1v) is 8.19. The summed E-state index contributed by atoms with van der Waals surface area (Å²) >= 11 is 0. The molecule has 7 nitrogen and oxygen atoms in total. The van der Waals surface area contributed by atoms with E-state index in [0.29, 0.717) is 31.0 Å². The molecule has 1 saturated heterocycles. The summed E-state index contributed by atoms with van der Waals surface area (Å²) in [6.45, 7) is 0.839. The maximum Gasteiger partial charge on any atom is 0.262 e. The van der Waals surface area contributed by atoms with Gasteiger partial charge in [0, 0.05) is 33.4 Å². The molecule has 0 amide bonds. The molecular weight excluding hydrogens is 292 g/mol. The van der Waals surface area contributed by atoms with Crippen LogP contribution >= 0.6 is 0 Å². The Morgan fingerprint density at radius 1 is 1.43 bits per heavy atom. The predicted octanol–water partition coefficient (Wildman–Crippen LogP) is 0.785. The van der Waals surface area contributed by atoms with Crippen LogP contribution in [0.1, 0.15) is 6.42 Å². The van der Waals surface area contributed by atoms with Crippen LogP contribution in [0.2, 0.25) is 0 Å². The van der Waals surface area contributed by atoms with Gasteiger partial charge in [-0.15, -0.1) is 0 Å². The van der Waals surface area contributed by atoms with Gasteiger partial charge in [-0.2, -0.15) is 4.31 Å². The van der Waals surface area contributed by atoms with Crippen molar-refractivity contribution < 1.29 is 13.2 Å². The molecule has 0 radical (unpaired) electrons. The van der Waals surface area contributed by atoms with Crippen LogP contribution in [0, 0.1) is 0 Å². The summed E-state index contributed by atoms with van der Waals surface area (Å²) in [5, 5.41) is 3.05. The minimum atomic E-state index is -3.62. The zero-order chi connectivity index (χ0) is 15.0. The van der Waals surface area contributed by atoms with Crippen LogP contribution in [-0.4, -0.2) is 55.5 Å². The van der Waals surface area contributed by atoms with Crippen LogP contribution < -0.4 is 5.32 Å². The van der Waals surface area contributed by atoms with E-state index in [9.17, 15) is 8.42 Å². The maximum atomic E-state index is 12.9. The molecule has 0 aromatic carbocycles. The highest BCUT2D eigenvalue weighted by Gasteiger charge is 2.36. The molecule has 3 heterocycles. The summed E-state index contributed by atoms with van der Waals surface area (Å²) < 4.78 is 34.1. The summed E-state index contributed by atoms with van der Waals surface area (Å²) in [4.78, 5) is 4.32. The molecule has 0 saturated carbocycles. The number of nitrogens with one attached hydrogen (secondary N) is 1. The molecule has 1 atom stereocenters. The van der Waals surface area contributed by atoms with Crippen LogP contribution in [0.3, 0.4) is 0 Å². The van der Waals surface area contributed by atoms with Gasteiger partial charge in [0.1, 0.15) is 5.65 Å². The second kappa shape index (κ2) is 5.28. The van der Waals surface area contributed by atoms with Crippen molar-refractivity contribution in [3.63, 3.8) is 0 Å². The SMILES string of the molecule is CNc1nc2ccccn2c1S(=O)(=O)N1CCC(OC)C1. The molecule has 1 aliphatic heterocycles. The van der Waals surface area contributed by atoms with Gasteiger partial charge in [-0.3, -0.25) is 4.40 Å². The van der Waals surface area contributed by atoms with E-state index in [-0.39, 0.29) is 11.1 Å². The van der Waals surface area contributed by atoms with Crippen molar-refractivity contribution in [3.8, 4) is 0 Å². The molecule has 0 spiro atoms. The van der Waals surface area contributed by atoms with E-state index in [0.717, 1.165) is 0 Å². The van der Waals surface area contributed by atoms with Gasteiger partial charge in [0.25, 0.3) is 10.0 Å². The number of rotatable bonds is 4. The van der Waals surface area contributed by atoms with E-state index in [4.69, 9.17) is 4.74 Å². The monoisotopic (exact) mass is 310 g/mol. The number of methoxy groups -OCH3 is 1. The lowest BCUT2D eigenvalue weighted by atomic mass is 10.3. The topological polar surface area (TPSA) is 75.9 Å². The molecule has 8 heteroatoms. The number of pyridine rings is 1. The molecule has 2 aromatic heterocycles. The Morgan fingerprint density at radius 3 is 2.90 bits per heavy atom. The van der Waals surface area contributed by atoms with Gasteiger partial charge in [-0.25, -0.2) is 13.4 Å². The zero-order valence-electron chi connectivity index (χ0n) is 12.0. The third kappa shape index (κ3) is 2.29. The molecule has 0 aliphatic carbocycles. The average molecular weight is 310 g/mol. The van der Waals surface area contributed by atoms with Crippen molar-refractivity contribution in [2.24, 2.45) is 0 Å². The fraction of sp³-hybridized carbons (Fsp3) is 0.462. The first-order valence-electron chi connectivity index (χ1n) is 6.75. The number of anilines is 1. The van der Waals surface area contributed by atoms with Gasteiger partial charge in [0.15, 0.2) is 10.8 Å². The van der Waals surface area contributed by atoms with E-state index in [1.54, 1.807) is 36.9 Å². The van der Waals surface area contributed by atoms with Crippen LogP contribution in [0.4, 0.5) is 5.82 Å². The molecule has 2 aromatic rings. The standard InChI is InChI=1S/C13H18N4O3S/c1-14-12-13(17-7-4-3-5-11(17)15-12)21(18,19)16-8-6-10(9-16)20-2/h3-5,7,10,14H,6,8-9H2,1-2H3. The second-order valence-electron chi connectivity index (χ2n) is 4.95. The largest absolute Gasteiger partial charge is 0.380 e. The molecule has 1 unspecified atom stereocenters. The Hall–Kier alpha value is -1.64. The van der Waals surface area contributed by atoms with E-state index < -0.39 is 10.0 Å². The number of aromatic nitrogens is 2. The van der Waals surface area contributed by atoms with Gasteiger partial charge >= 0.3 is 0 Å². The zero-order valence-corrected chi connectivity index (χ0v) is 12.8. The van der Waals surface area contributed by atoms with Gasteiger partial charge < -0.3 is 10.1 Å². The fourth-order valence-corrected chi connectivity index (χ4v) is 4.36. The summed E-state index contributed by atoms with van der Waals surface area (Å²) in [6.07, 6.45) is 2.37. The second-order valence-corrected chi connectivity index (χ2v) is 6.81. The smallest absolute Gasteiger partial charge is 0.262 e. The van der Waals surface area contributed by atoms with E-state index in [1.807, 2.05) is 6.07 Å². The number of sulfonamides is 1. The highest BCUT2D eigenvalue weighted by atomic mass is 32.2. The lowest BCUT2D eigenvalue weighted by Crippen LogP contribution is -2.31. The summed E-state index contributed by atoms with van der Waals surface area (Å²) in [5.74, 6) is 0.363. The normalized spacial score (nSPS) is 20.2. The van der Waals surface area contributed by atoms with Crippen molar-refractivity contribution in [2.45, 2.75) is 17.6 Å². The quantitative estimate of drug-likeness (QED) is 0.903. The highest BCUT2D eigenvalue weighted by Crippen LogP contribution is 2.28. The minimum absolute atomic E-state index is 0.0444. The van der Waals surface area contributed by atoms with Crippen molar-refractivity contribution in [1.29, 1.82) is 0 Å². The van der Waals surface area contributed by atoms with E-state index >= 15 is 0 Å². The Balaban J connectivity index is 2.10. The maximum absolute atomic E-state index is 12.9. The summed E-state index contributed by atoms with van der Waals surface area (Å²) in [6, 6.07) is 5.39. The molecule has 1 aliphatic rings. The highest BCUT2D eigenvalue weighted by molar-refractivity contribution is 7.89. The third-order valence-electron chi connectivity index (χ3n) is 3.75. The molecule has 3 rings (SSSR count). The number of imidazole rings is 1. The number of ether oxygens (including phenoxy) is 1. The Labute approximate surface area is 123 Å². The van der Waals surface area contributed by atoms with Gasteiger partial charge in [0.2, 0.25) is 0 Å². The number of fused-ring (bicyclic) bond motifs is 1. The number of hydrogen-bond acceptors (Lipinski definition) is 5. The average Bonchev–Trinajstić information content (AvgIpc) is 3.11. The number of nitrogens with zero attached hydrogens (tertiary/aromatic N) is 3. The number of hydrogen-bond donors (Lipinski definition) is 1. The Bertz CT molecular complexity index is 756. The van der Waals surface area contributed by atoms with Crippen LogP contribution in [-0.2, 0) is 14.8 Å². The predicted molar refractivity (Wildman–Crippen MR) is 78.9 cm³/mol. The third-order valence-corrected chi connectivity index (χ3v) is 5.64. The van der Waals surface area contributed by atoms with Crippen molar-refractivity contribution >= 4 is 21.5 Å². The Kier molecular flexibility index (Phi) is 3.60. The summed E-state index contributed by atoms with van der Waals surface area (Å²) in [5.41, 5.74) is 0.600. The van der Waals surface area contributed by atoms with Crippen molar-refractivity contribution in [1.82, 2.24) is 13.7 Å². The minimum Gasteiger partial charge on any atom is -0.380 e. The molecule has 0 bridgehead atoms. The Morgan fingerprint density at radius 2 is 2.24 bits per heavy atom. The van der Waals surface area contributed by atoms with Gasteiger partial charge in [-0.05, 0) is 18.6 Å². The molecule has 1 fully saturated rings. The van der Waals surface area contributed by atoms with Crippen LogP contribution in [0.25, 0.3) is 5.65 Å². The van der Waals surface area contributed by atoms with Gasteiger partial charge in [-0.1, -0.05) is 6.07 Å². The lowest BCUT2D eigenvalue weighted by Gasteiger charge is -2.16. The van der Waals surface area contributed by atoms with Gasteiger partial charge in [0.05, 0.1) is 6.10 Å². The van der Waals surface area contributed by atoms with E-state index in [2.05, 4.69) is 10.3 Å². The molecule has 1 N–H and O–H groups in total.